The van der Waals surface area contributed by atoms with E-state index in [1.165, 1.54) is 16.1 Å². The van der Waals surface area contributed by atoms with Crippen molar-refractivity contribution in [2.75, 3.05) is 30.2 Å². The van der Waals surface area contributed by atoms with Gasteiger partial charge < -0.3 is 9.64 Å². The molecule has 1 saturated heterocycles. The first-order valence-corrected chi connectivity index (χ1v) is 13.5. The monoisotopic (exact) mass is 470 g/mol. The van der Waals surface area contributed by atoms with Gasteiger partial charge in [-0.15, -0.1) is 0 Å². The summed E-state index contributed by atoms with van der Waals surface area (Å²) in [5.74, 6) is 0.858. The Morgan fingerprint density at radius 3 is 2.33 bits per heavy atom. The number of piperidine rings is 1. The van der Waals surface area contributed by atoms with Crippen LogP contribution >= 0.6 is 0 Å². The van der Waals surface area contributed by atoms with E-state index in [4.69, 9.17) is 4.74 Å². The van der Waals surface area contributed by atoms with Crippen LogP contribution in [0, 0.1) is 5.92 Å². The van der Waals surface area contributed by atoms with E-state index in [-0.39, 0.29) is 17.9 Å². The Hall–Kier alpha value is -2.54. The molecule has 7 heteroatoms. The lowest BCUT2D eigenvalue weighted by Crippen LogP contribution is -2.53. The van der Waals surface area contributed by atoms with Gasteiger partial charge in [-0.2, -0.15) is 0 Å². The number of likely N-dealkylation sites (tertiary alicyclic amines) is 1. The number of ether oxygens (including phenoxy) is 1. The molecule has 2 aliphatic heterocycles. The number of benzene rings is 2. The molecule has 6 nitrogen and oxygen atoms in total. The van der Waals surface area contributed by atoms with Gasteiger partial charge in [0.25, 0.3) is 5.91 Å². The first-order valence-electron chi connectivity index (χ1n) is 11.6. The van der Waals surface area contributed by atoms with E-state index in [9.17, 15) is 13.2 Å². The molecule has 1 fully saturated rings. The Morgan fingerprint density at radius 2 is 1.73 bits per heavy atom. The van der Waals surface area contributed by atoms with E-state index >= 15 is 0 Å². The molecule has 0 radical (unpaired) electrons. The molecule has 0 spiro atoms. The summed E-state index contributed by atoms with van der Waals surface area (Å²) in [5.41, 5.74) is 2.72. The molecule has 0 aromatic heterocycles. The Morgan fingerprint density at radius 1 is 1.06 bits per heavy atom. The van der Waals surface area contributed by atoms with E-state index in [1.54, 1.807) is 6.07 Å². The molecular weight excluding hydrogens is 436 g/mol. The lowest BCUT2D eigenvalue weighted by Gasteiger charge is -2.39. The molecule has 1 unspecified atom stereocenters. The summed E-state index contributed by atoms with van der Waals surface area (Å²) in [6.07, 6.45) is 3.25. The number of carbonyl (C=O) groups excluding carboxylic acids is 1. The second-order valence-corrected chi connectivity index (χ2v) is 12.2. The zero-order chi connectivity index (χ0) is 23.8. The van der Waals surface area contributed by atoms with Crippen LogP contribution in [0.15, 0.2) is 48.5 Å². The largest absolute Gasteiger partial charge is 0.476 e. The molecule has 1 atom stereocenters. The predicted molar refractivity (Wildman–Crippen MR) is 131 cm³/mol. The summed E-state index contributed by atoms with van der Waals surface area (Å²) in [6.45, 7) is 7.59. The molecule has 178 valence electrons. The van der Waals surface area contributed by atoms with Gasteiger partial charge >= 0.3 is 0 Å². The SMILES string of the molecule is CC(C)(C)c1ccc2c(c1)N(S(C)(=O)=O)CC(C(=O)N1CCC(Cc3ccccc3)CC1)O2. The van der Waals surface area contributed by atoms with Crippen molar-refractivity contribution in [3.05, 3.63) is 59.7 Å². The van der Waals surface area contributed by atoms with Crippen molar-refractivity contribution in [3.63, 3.8) is 0 Å². The number of rotatable bonds is 4. The number of hydrogen-bond acceptors (Lipinski definition) is 4. The van der Waals surface area contributed by atoms with Crippen molar-refractivity contribution < 1.29 is 17.9 Å². The normalized spacial score (nSPS) is 19.7. The topological polar surface area (TPSA) is 66.9 Å². The number of fused-ring (bicyclic) bond motifs is 1. The van der Waals surface area contributed by atoms with Gasteiger partial charge in [0.2, 0.25) is 10.0 Å². The van der Waals surface area contributed by atoms with Crippen LogP contribution in [0.1, 0.15) is 44.7 Å². The van der Waals surface area contributed by atoms with Crippen LogP contribution in [-0.2, 0) is 26.7 Å². The maximum absolute atomic E-state index is 13.3. The van der Waals surface area contributed by atoms with Gasteiger partial charge in [-0.25, -0.2) is 8.42 Å². The standard InChI is InChI=1S/C26H34N2O4S/c1-26(2,3)21-10-11-23-22(17-21)28(33(4,30)31)18-24(32-23)25(29)27-14-12-20(13-15-27)16-19-8-6-5-7-9-19/h5-11,17,20,24H,12-16,18H2,1-4H3. The summed E-state index contributed by atoms with van der Waals surface area (Å²) in [5, 5.41) is 0. The second kappa shape index (κ2) is 9.01. The highest BCUT2D eigenvalue weighted by Gasteiger charge is 2.38. The van der Waals surface area contributed by atoms with E-state index in [0.29, 0.717) is 30.4 Å². The highest BCUT2D eigenvalue weighted by Crippen LogP contribution is 2.39. The highest BCUT2D eigenvalue weighted by molar-refractivity contribution is 7.92. The molecule has 4 rings (SSSR count). The predicted octanol–water partition coefficient (Wildman–Crippen LogP) is 3.99. The van der Waals surface area contributed by atoms with Gasteiger partial charge in [0.1, 0.15) is 5.75 Å². The second-order valence-electron chi connectivity index (χ2n) is 10.3. The number of nitrogens with zero attached hydrogens (tertiary/aromatic N) is 2. The number of carbonyl (C=O) groups is 1. The third-order valence-electron chi connectivity index (χ3n) is 6.66. The quantitative estimate of drug-likeness (QED) is 0.678. The van der Waals surface area contributed by atoms with E-state index in [1.807, 2.05) is 23.1 Å². The summed E-state index contributed by atoms with van der Waals surface area (Å²) in [4.78, 5) is 15.1. The van der Waals surface area contributed by atoms with Crippen molar-refractivity contribution >= 4 is 21.6 Å². The molecule has 0 saturated carbocycles. The molecule has 2 aliphatic rings. The molecule has 1 amide bonds. The maximum Gasteiger partial charge on any atom is 0.265 e. The number of amides is 1. The molecule has 2 aromatic rings. The third-order valence-corrected chi connectivity index (χ3v) is 7.81. The van der Waals surface area contributed by atoms with Crippen molar-refractivity contribution in [2.24, 2.45) is 5.92 Å². The third kappa shape index (κ3) is 5.35. The minimum Gasteiger partial charge on any atom is -0.476 e. The molecular formula is C26H34N2O4S. The first kappa shape index (κ1) is 23.6. The van der Waals surface area contributed by atoms with Crippen LogP contribution in [0.5, 0.6) is 5.75 Å². The number of hydrogen-bond donors (Lipinski definition) is 0. The van der Waals surface area contributed by atoms with Crippen molar-refractivity contribution in [3.8, 4) is 5.75 Å². The molecule has 0 aliphatic carbocycles. The van der Waals surface area contributed by atoms with Gasteiger partial charge in [-0.05, 0) is 53.9 Å². The van der Waals surface area contributed by atoms with E-state index in [2.05, 4.69) is 45.0 Å². The van der Waals surface area contributed by atoms with Crippen molar-refractivity contribution in [1.29, 1.82) is 0 Å². The van der Waals surface area contributed by atoms with Crippen LogP contribution in [0.3, 0.4) is 0 Å². The molecule has 0 N–H and O–H groups in total. The fourth-order valence-corrected chi connectivity index (χ4v) is 5.58. The van der Waals surface area contributed by atoms with Gasteiger partial charge in [0, 0.05) is 13.1 Å². The maximum atomic E-state index is 13.3. The Bertz CT molecular complexity index is 1100. The Kier molecular flexibility index (Phi) is 6.45. The zero-order valence-electron chi connectivity index (χ0n) is 20.0. The minimum absolute atomic E-state index is 0.00219. The van der Waals surface area contributed by atoms with Crippen LogP contribution in [0.4, 0.5) is 5.69 Å². The lowest BCUT2D eigenvalue weighted by atomic mass is 9.86. The van der Waals surface area contributed by atoms with Crippen LogP contribution in [0.25, 0.3) is 0 Å². The van der Waals surface area contributed by atoms with Crippen LogP contribution in [0.2, 0.25) is 0 Å². The van der Waals surface area contributed by atoms with Crippen molar-refractivity contribution in [1.82, 2.24) is 4.90 Å². The fourth-order valence-electron chi connectivity index (χ4n) is 4.67. The average molecular weight is 471 g/mol. The minimum atomic E-state index is -3.56. The van der Waals surface area contributed by atoms with Crippen molar-refractivity contribution in [2.45, 2.75) is 51.6 Å². The number of anilines is 1. The van der Waals surface area contributed by atoms with E-state index in [0.717, 1.165) is 24.8 Å². The first-order chi connectivity index (χ1) is 15.5. The summed E-state index contributed by atoms with van der Waals surface area (Å²) in [7, 11) is -3.56. The molecule has 2 aromatic carbocycles. The highest BCUT2D eigenvalue weighted by atomic mass is 32.2. The fraction of sp³-hybridized carbons (Fsp3) is 0.500. The van der Waals surface area contributed by atoms with Gasteiger partial charge in [-0.1, -0.05) is 57.2 Å². The van der Waals surface area contributed by atoms with Gasteiger partial charge in [0.05, 0.1) is 18.5 Å². The zero-order valence-corrected chi connectivity index (χ0v) is 20.8. The number of sulfonamides is 1. The van der Waals surface area contributed by atoms with Crippen LogP contribution < -0.4 is 9.04 Å². The summed E-state index contributed by atoms with van der Waals surface area (Å²) in [6, 6.07) is 16.0. The smallest absolute Gasteiger partial charge is 0.265 e. The Balaban J connectivity index is 1.47. The molecule has 0 bridgehead atoms. The summed E-state index contributed by atoms with van der Waals surface area (Å²) >= 11 is 0. The van der Waals surface area contributed by atoms with Crippen LogP contribution in [-0.4, -0.2) is 51.2 Å². The summed E-state index contributed by atoms with van der Waals surface area (Å²) < 4.78 is 32.6. The van der Waals surface area contributed by atoms with Gasteiger partial charge in [-0.3, -0.25) is 9.10 Å². The Labute approximate surface area is 197 Å². The lowest BCUT2D eigenvalue weighted by molar-refractivity contribution is -0.139. The van der Waals surface area contributed by atoms with Gasteiger partial charge in [0.15, 0.2) is 6.10 Å². The average Bonchev–Trinajstić information content (AvgIpc) is 2.77. The molecule has 2 heterocycles. The molecule has 33 heavy (non-hydrogen) atoms. The van der Waals surface area contributed by atoms with E-state index < -0.39 is 16.1 Å².